The molecule has 48 valence electrons. The van der Waals surface area contributed by atoms with Crippen LogP contribution in [0.3, 0.4) is 0 Å². The normalized spacial score (nSPS) is 25.4. The lowest BCUT2D eigenvalue weighted by Gasteiger charge is -1.77. The van der Waals surface area contributed by atoms with Gasteiger partial charge in [0.25, 0.3) is 0 Å². The molecule has 0 amide bonds. The number of hydrogen-bond acceptors (Lipinski definition) is 1. The Morgan fingerprint density at radius 1 is 1.67 bits per heavy atom. The highest BCUT2D eigenvalue weighted by Gasteiger charge is 1.91. The molecule has 0 fully saturated rings. The van der Waals surface area contributed by atoms with Gasteiger partial charge in [-0.2, -0.15) is 4.40 Å². The maximum Gasteiger partial charge on any atom is 0.165 e. The van der Waals surface area contributed by atoms with Crippen LogP contribution in [0.25, 0.3) is 0 Å². The van der Waals surface area contributed by atoms with E-state index < -0.39 is 11.0 Å². The van der Waals surface area contributed by atoms with Gasteiger partial charge in [0.15, 0.2) is 11.0 Å². The topological polar surface area (TPSA) is 29.4 Å². The third-order valence-corrected chi connectivity index (χ3v) is 1.66. The molecule has 0 radical (unpaired) electrons. The second-order valence-electron chi connectivity index (χ2n) is 1.39. The Balaban J connectivity index is 2.88. The number of rotatable bonds is 0. The molecule has 0 N–H and O–H groups in total. The van der Waals surface area contributed by atoms with Crippen LogP contribution < -0.4 is 0 Å². The summed E-state index contributed by atoms with van der Waals surface area (Å²) in [6, 6.07) is 0. The van der Waals surface area contributed by atoms with Crippen LogP contribution in [0.1, 0.15) is 0 Å². The highest BCUT2D eigenvalue weighted by atomic mass is 35.5. The van der Waals surface area contributed by atoms with Crippen LogP contribution >= 0.6 is 11.6 Å². The predicted octanol–water partition coefficient (Wildman–Crippen LogP) is 1.37. The van der Waals surface area contributed by atoms with E-state index in [9.17, 15) is 4.21 Å². The zero-order valence-corrected chi connectivity index (χ0v) is 6.02. The first-order valence-corrected chi connectivity index (χ1v) is 3.82. The van der Waals surface area contributed by atoms with Gasteiger partial charge in [-0.15, -0.1) is 0 Å². The van der Waals surface area contributed by atoms with Crippen molar-refractivity contribution in [2.24, 2.45) is 4.40 Å². The van der Waals surface area contributed by atoms with E-state index in [0.29, 0.717) is 5.03 Å². The lowest BCUT2D eigenvalue weighted by Crippen LogP contribution is -1.75. The molecular weight excluding hydrogens is 158 g/mol. The van der Waals surface area contributed by atoms with E-state index >= 15 is 0 Å². The Labute approximate surface area is 60.5 Å². The van der Waals surface area contributed by atoms with Crippen LogP contribution in [-0.4, -0.2) is 10.4 Å². The molecule has 1 heterocycles. The average molecular weight is 162 g/mol. The molecule has 1 rings (SSSR count). The molecule has 1 aliphatic heterocycles. The highest BCUT2D eigenvalue weighted by Crippen LogP contribution is 2.02. The summed E-state index contributed by atoms with van der Waals surface area (Å²) < 4.78 is 14.1. The van der Waals surface area contributed by atoms with Gasteiger partial charge in [-0.1, -0.05) is 11.6 Å². The molecule has 0 saturated carbocycles. The van der Waals surface area contributed by atoms with E-state index in [0.717, 1.165) is 0 Å². The zero-order chi connectivity index (χ0) is 6.69. The summed E-state index contributed by atoms with van der Waals surface area (Å²) in [6.07, 6.45) is 4.62. The van der Waals surface area contributed by atoms with Gasteiger partial charge in [0.05, 0.1) is 11.2 Å². The molecule has 9 heavy (non-hydrogen) atoms. The lowest BCUT2D eigenvalue weighted by atomic mass is 10.5. The van der Waals surface area contributed by atoms with E-state index in [1.54, 1.807) is 12.2 Å². The van der Waals surface area contributed by atoms with Crippen LogP contribution in [-0.2, 0) is 11.0 Å². The van der Waals surface area contributed by atoms with Crippen molar-refractivity contribution in [3.63, 3.8) is 0 Å². The Bertz CT molecular complexity index is 219. The third-order valence-electron chi connectivity index (χ3n) is 0.730. The number of halogens is 1. The minimum atomic E-state index is -1.23. The van der Waals surface area contributed by atoms with Crippen molar-refractivity contribution in [3.05, 3.63) is 22.6 Å². The first kappa shape index (κ1) is 6.71. The Morgan fingerprint density at radius 3 is 3.22 bits per heavy atom. The summed E-state index contributed by atoms with van der Waals surface area (Å²) in [4.78, 5) is 0. The standard InChI is InChI=1S/C5H4ClNOS/c6-5-2-1-3-9(8)7-4-5/h1-4H. The maximum atomic E-state index is 10.6. The Morgan fingerprint density at radius 2 is 2.44 bits per heavy atom. The molecule has 0 aromatic rings. The van der Waals surface area contributed by atoms with E-state index in [-0.39, 0.29) is 0 Å². The average Bonchev–Trinajstić information content (AvgIpc) is 1.97. The first-order valence-electron chi connectivity index (χ1n) is 2.28. The van der Waals surface area contributed by atoms with Crippen molar-refractivity contribution in [1.82, 2.24) is 0 Å². The fraction of sp³-hybridized carbons (Fsp3) is 0. The van der Waals surface area contributed by atoms with E-state index in [2.05, 4.69) is 4.40 Å². The fourth-order valence-electron chi connectivity index (χ4n) is 0.379. The van der Waals surface area contributed by atoms with Crippen LogP contribution in [0.2, 0.25) is 0 Å². The minimum absolute atomic E-state index is 0.497. The van der Waals surface area contributed by atoms with Gasteiger partial charge >= 0.3 is 0 Å². The number of nitrogens with zero attached hydrogens (tertiary/aromatic N) is 1. The van der Waals surface area contributed by atoms with Crippen LogP contribution in [0, 0.1) is 0 Å². The van der Waals surface area contributed by atoms with E-state index in [1.807, 2.05) is 0 Å². The maximum absolute atomic E-state index is 10.6. The van der Waals surface area contributed by atoms with Crippen molar-refractivity contribution in [2.45, 2.75) is 0 Å². The first-order chi connectivity index (χ1) is 4.29. The number of allylic oxidation sites excluding steroid dienone is 3. The SMILES string of the molecule is O=S1C=CC=C(Cl)C=N1. The largest absolute Gasteiger partial charge is 0.230 e. The summed E-state index contributed by atoms with van der Waals surface area (Å²) in [7, 11) is -1.23. The lowest BCUT2D eigenvalue weighted by molar-refractivity contribution is 0.690. The molecule has 4 heteroatoms. The van der Waals surface area contributed by atoms with Gasteiger partial charge < -0.3 is 0 Å². The Hall–Kier alpha value is -0.410. The summed E-state index contributed by atoms with van der Waals surface area (Å²) in [6.45, 7) is 0. The van der Waals surface area contributed by atoms with Gasteiger partial charge in [0.2, 0.25) is 0 Å². The molecular formula is C5H4ClNOS. The second-order valence-corrected chi connectivity index (χ2v) is 2.86. The van der Waals surface area contributed by atoms with Crippen molar-refractivity contribution in [2.75, 3.05) is 0 Å². The van der Waals surface area contributed by atoms with Gasteiger partial charge in [0.1, 0.15) is 0 Å². The molecule has 0 aliphatic carbocycles. The smallest absolute Gasteiger partial charge is 0.165 e. The molecule has 0 spiro atoms. The van der Waals surface area contributed by atoms with Crippen molar-refractivity contribution < 1.29 is 4.21 Å². The monoisotopic (exact) mass is 161 g/mol. The molecule has 0 aromatic heterocycles. The second kappa shape index (κ2) is 2.94. The van der Waals surface area contributed by atoms with Gasteiger partial charge in [-0.05, 0) is 12.2 Å². The van der Waals surface area contributed by atoms with Gasteiger partial charge in [-0.25, -0.2) is 4.21 Å². The highest BCUT2D eigenvalue weighted by molar-refractivity contribution is 7.86. The minimum Gasteiger partial charge on any atom is -0.230 e. The van der Waals surface area contributed by atoms with Crippen molar-refractivity contribution >= 4 is 28.8 Å². The molecule has 1 unspecified atom stereocenters. The Kier molecular flexibility index (Phi) is 2.19. The summed E-state index contributed by atoms with van der Waals surface area (Å²) in [5.41, 5.74) is 0. The number of hydrogen-bond donors (Lipinski definition) is 0. The fourth-order valence-corrected chi connectivity index (χ4v) is 1.06. The van der Waals surface area contributed by atoms with Crippen LogP contribution in [0.4, 0.5) is 0 Å². The summed E-state index contributed by atoms with van der Waals surface area (Å²) in [5.74, 6) is 0. The summed E-state index contributed by atoms with van der Waals surface area (Å²) >= 11 is 5.51. The molecule has 1 atom stereocenters. The van der Waals surface area contributed by atoms with Crippen molar-refractivity contribution in [1.29, 1.82) is 0 Å². The third kappa shape index (κ3) is 2.11. The van der Waals surface area contributed by atoms with Gasteiger partial charge in [-0.3, -0.25) is 0 Å². The van der Waals surface area contributed by atoms with Crippen molar-refractivity contribution in [3.8, 4) is 0 Å². The molecule has 1 aliphatic rings. The predicted molar refractivity (Wildman–Crippen MR) is 39.7 cm³/mol. The van der Waals surface area contributed by atoms with Crippen LogP contribution in [0.5, 0.6) is 0 Å². The van der Waals surface area contributed by atoms with E-state index in [1.165, 1.54) is 11.6 Å². The molecule has 0 bridgehead atoms. The van der Waals surface area contributed by atoms with Crippen LogP contribution in [0.15, 0.2) is 27.0 Å². The summed E-state index contributed by atoms with van der Waals surface area (Å²) in [5, 5.41) is 1.96. The molecule has 0 saturated heterocycles. The van der Waals surface area contributed by atoms with Gasteiger partial charge in [0, 0.05) is 5.41 Å². The van der Waals surface area contributed by atoms with E-state index in [4.69, 9.17) is 11.6 Å². The molecule has 2 nitrogen and oxygen atoms in total. The quantitative estimate of drug-likeness (QED) is 0.528. The molecule has 0 aromatic carbocycles. The zero-order valence-electron chi connectivity index (χ0n) is 4.45.